The van der Waals surface area contributed by atoms with Crippen molar-refractivity contribution in [3.8, 4) is 0 Å². The number of morpholine rings is 1. The van der Waals surface area contributed by atoms with Gasteiger partial charge in [0.1, 0.15) is 10.0 Å². The minimum absolute atomic E-state index is 0.0677. The van der Waals surface area contributed by atoms with Crippen LogP contribution in [-0.2, 0) is 16.0 Å². The quantitative estimate of drug-likeness (QED) is 0.805. The largest absolute Gasteiger partial charge is 0.379 e. The maximum atomic E-state index is 11.7. The Morgan fingerprint density at radius 1 is 1.44 bits per heavy atom. The van der Waals surface area contributed by atoms with Gasteiger partial charge in [-0.3, -0.25) is 9.69 Å². The Kier molecular flexibility index (Phi) is 5.03. The SMILES string of the molecule is Cc1nnc(CCNC(=O)CN2CCOCC2)s1. The number of hydrogen-bond donors (Lipinski definition) is 1. The Morgan fingerprint density at radius 2 is 2.22 bits per heavy atom. The number of nitrogens with zero attached hydrogens (tertiary/aromatic N) is 3. The van der Waals surface area contributed by atoms with Gasteiger partial charge in [0.25, 0.3) is 0 Å². The van der Waals surface area contributed by atoms with Gasteiger partial charge in [0.05, 0.1) is 19.8 Å². The van der Waals surface area contributed by atoms with Crippen LogP contribution in [0.2, 0.25) is 0 Å². The molecule has 1 N–H and O–H groups in total. The van der Waals surface area contributed by atoms with Crippen LogP contribution in [0.5, 0.6) is 0 Å². The van der Waals surface area contributed by atoms with Crippen molar-refractivity contribution in [1.29, 1.82) is 0 Å². The number of nitrogens with one attached hydrogen (secondary N) is 1. The lowest BCUT2D eigenvalue weighted by Crippen LogP contribution is -2.43. The van der Waals surface area contributed by atoms with Gasteiger partial charge in [-0.15, -0.1) is 21.5 Å². The third kappa shape index (κ3) is 4.32. The maximum Gasteiger partial charge on any atom is 0.234 e. The van der Waals surface area contributed by atoms with E-state index in [4.69, 9.17) is 4.74 Å². The predicted octanol–water partition coefficient (Wildman–Crippen LogP) is -0.163. The van der Waals surface area contributed by atoms with Gasteiger partial charge in [-0.2, -0.15) is 0 Å². The topological polar surface area (TPSA) is 67.4 Å². The molecule has 6 nitrogen and oxygen atoms in total. The number of carbonyl (C=O) groups excluding carboxylic acids is 1. The predicted molar refractivity (Wildman–Crippen MR) is 68.6 cm³/mol. The molecular weight excluding hydrogens is 252 g/mol. The molecule has 0 aromatic carbocycles. The summed E-state index contributed by atoms with van der Waals surface area (Å²) in [5.74, 6) is 0.0677. The van der Waals surface area contributed by atoms with Crippen LogP contribution in [-0.4, -0.2) is 60.4 Å². The summed E-state index contributed by atoms with van der Waals surface area (Å²) in [7, 11) is 0. The minimum Gasteiger partial charge on any atom is -0.379 e. The van der Waals surface area contributed by atoms with Crippen LogP contribution < -0.4 is 5.32 Å². The highest BCUT2D eigenvalue weighted by molar-refractivity contribution is 7.11. The second-order valence-electron chi connectivity index (χ2n) is 4.20. The zero-order valence-electron chi connectivity index (χ0n) is 10.5. The molecule has 0 saturated carbocycles. The molecule has 1 aromatic rings. The van der Waals surface area contributed by atoms with Crippen molar-refractivity contribution < 1.29 is 9.53 Å². The van der Waals surface area contributed by atoms with Crippen molar-refractivity contribution in [2.45, 2.75) is 13.3 Å². The maximum absolute atomic E-state index is 11.7. The van der Waals surface area contributed by atoms with Crippen molar-refractivity contribution in [2.75, 3.05) is 39.4 Å². The monoisotopic (exact) mass is 270 g/mol. The molecule has 0 atom stereocenters. The number of amides is 1. The molecular formula is C11H18N4O2S. The molecule has 0 spiro atoms. The number of hydrogen-bond acceptors (Lipinski definition) is 6. The first kappa shape index (κ1) is 13.4. The number of rotatable bonds is 5. The van der Waals surface area contributed by atoms with E-state index < -0.39 is 0 Å². The molecule has 1 aliphatic heterocycles. The van der Waals surface area contributed by atoms with Crippen LogP contribution in [0.3, 0.4) is 0 Å². The smallest absolute Gasteiger partial charge is 0.234 e. The number of aryl methyl sites for hydroxylation is 1. The van der Waals surface area contributed by atoms with Crippen LogP contribution >= 0.6 is 11.3 Å². The van der Waals surface area contributed by atoms with E-state index >= 15 is 0 Å². The zero-order chi connectivity index (χ0) is 12.8. The van der Waals surface area contributed by atoms with Gasteiger partial charge in [0.2, 0.25) is 5.91 Å². The Labute approximate surface area is 110 Å². The third-order valence-electron chi connectivity index (χ3n) is 2.70. The first-order valence-electron chi connectivity index (χ1n) is 6.10. The Balaban J connectivity index is 1.62. The highest BCUT2D eigenvalue weighted by atomic mass is 32.1. The molecule has 0 bridgehead atoms. The molecule has 0 unspecified atom stereocenters. The Morgan fingerprint density at radius 3 is 2.89 bits per heavy atom. The van der Waals surface area contributed by atoms with Crippen molar-refractivity contribution in [2.24, 2.45) is 0 Å². The normalized spacial score (nSPS) is 16.7. The molecule has 7 heteroatoms. The molecule has 1 amide bonds. The molecule has 18 heavy (non-hydrogen) atoms. The molecule has 100 valence electrons. The summed E-state index contributed by atoms with van der Waals surface area (Å²) in [6, 6.07) is 0. The molecule has 1 aliphatic rings. The van der Waals surface area contributed by atoms with Gasteiger partial charge in [-0.05, 0) is 6.92 Å². The summed E-state index contributed by atoms with van der Waals surface area (Å²) in [6.07, 6.45) is 0.750. The van der Waals surface area contributed by atoms with E-state index in [-0.39, 0.29) is 5.91 Å². The second kappa shape index (κ2) is 6.77. The van der Waals surface area contributed by atoms with Gasteiger partial charge in [-0.25, -0.2) is 0 Å². The summed E-state index contributed by atoms with van der Waals surface area (Å²) < 4.78 is 5.24. The van der Waals surface area contributed by atoms with E-state index in [1.807, 2.05) is 6.92 Å². The lowest BCUT2D eigenvalue weighted by Gasteiger charge is -2.25. The van der Waals surface area contributed by atoms with E-state index in [1.54, 1.807) is 11.3 Å². The van der Waals surface area contributed by atoms with Crippen molar-refractivity contribution in [1.82, 2.24) is 20.4 Å². The summed E-state index contributed by atoms with van der Waals surface area (Å²) >= 11 is 1.57. The van der Waals surface area contributed by atoms with Gasteiger partial charge < -0.3 is 10.1 Å². The first-order chi connectivity index (χ1) is 8.74. The second-order valence-corrected chi connectivity index (χ2v) is 5.47. The molecule has 1 aromatic heterocycles. The summed E-state index contributed by atoms with van der Waals surface area (Å²) in [6.45, 7) is 6.12. The minimum atomic E-state index is 0.0677. The molecule has 0 aliphatic carbocycles. The Hall–Kier alpha value is -1.05. The molecule has 0 radical (unpaired) electrons. The van der Waals surface area contributed by atoms with E-state index in [0.717, 1.165) is 42.7 Å². The highest BCUT2D eigenvalue weighted by Crippen LogP contribution is 2.07. The molecule has 1 saturated heterocycles. The van der Waals surface area contributed by atoms with Gasteiger partial charge in [0, 0.05) is 26.1 Å². The van der Waals surface area contributed by atoms with Crippen LogP contribution in [0.25, 0.3) is 0 Å². The average Bonchev–Trinajstić information content (AvgIpc) is 2.76. The average molecular weight is 270 g/mol. The zero-order valence-corrected chi connectivity index (χ0v) is 11.3. The fraction of sp³-hybridized carbons (Fsp3) is 0.727. The fourth-order valence-corrected chi connectivity index (χ4v) is 2.47. The van der Waals surface area contributed by atoms with Gasteiger partial charge >= 0.3 is 0 Å². The molecule has 2 heterocycles. The molecule has 2 rings (SSSR count). The van der Waals surface area contributed by atoms with Gasteiger partial charge in [0.15, 0.2) is 0 Å². The third-order valence-corrected chi connectivity index (χ3v) is 3.60. The van der Waals surface area contributed by atoms with E-state index in [9.17, 15) is 4.79 Å². The van der Waals surface area contributed by atoms with Crippen LogP contribution in [0.1, 0.15) is 10.0 Å². The highest BCUT2D eigenvalue weighted by Gasteiger charge is 2.13. The summed E-state index contributed by atoms with van der Waals surface area (Å²) in [5.41, 5.74) is 0. The van der Waals surface area contributed by atoms with E-state index in [0.29, 0.717) is 13.1 Å². The van der Waals surface area contributed by atoms with Crippen molar-refractivity contribution in [3.05, 3.63) is 10.0 Å². The Bertz CT molecular complexity index is 390. The summed E-state index contributed by atoms with van der Waals surface area (Å²) in [5, 5.41) is 12.8. The molecule has 1 fully saturated rings. The fourth-order valence-electron chi connectivity index (χ4n) is 1.77. The standard InChI is InChI=1S/C11H18N4O2S/c1-9-13-14-11(18-9)2-3-12-10(16)8-15-4-6-17-7-5-15/h2-8H2,1H3,(H,12,16). The summed E-state index contributed by atoms with van der Waals surface area (Å²) in [4.78, 5) is 13.8. The van der Waals surface area contributed by atoms with E-state index in [1.165, 1.54) is 0 Å². The van der Waals surface area contributed by atoms with Crippen LogP contribution in [0.4, 0.5) is 0 Å². The number of ether oxygens (including phenoxy) is 1. The van der Waals surface area contributed by atoms with Gasteiger partial charge in [-0.1, -0.05) is 0 Å². The van der Waals surface area contributed by atoms with E-state index in [2.05, 4.69) is 20.4 Å². The first-order valence-corrected chi connectivity index (χ1v) is 6.91. The lowest BCUT2D eigenvalue weighted by molar-refractivity contribution is -0.123. The number of carbonyl (C=O) groups is 1. The van der Waals surface area contributed by atoms with Crippen molar-refractivity contribution in [3.63, 3.8) is 0 Å². The van der Waals surface area contributed by atoms with Crippen LogP contribution in [0, 0.1) is 6.92 Å². The van der Waals surface area contributed by atoms with Crippen LogP contribution in [0.15, 0.2) is 0 Å². The van der Waals surface area contributed by atoms with Crippen molar-refractivity contribution >= 4 is 17.2 Å². The lowest BCUT2D eigenvalue weighted by atomic mass is 10.4. The number of aromatic nitrogens is 2.